The Bertz CT molecular complexity index is 918. The molecule has 3 rings (SSSR count). The van der Waals surface area contributed by atoms with Crippen molar-refractivity contribution in [1.82, 2.24) is 5.32 Å². The van der Waals surface area contributed by atoms with Gasteiger partial charge in [-0.1, -0.05) is 11.6 Å². The molecule has 0 unspecified atom stereocenters. The molecule has 2 aromatic rings. The summed E-state index contributed by atoms with van der Waals surface area (Å²) in [6, 6.07) is 7.44. The highest BCUT2D eigenvalue weighted by Gasteiger charge is 2.20. The number of carbonyl (C=O) groups excluding carboxylic acids is 1. The van der Waals surface area contributed by atoms with Crippen molar-refractivity contribution >= 4 is 33.2 Å². The van der Waals surface area contributed by atoms with E-state index >= 15 is 0 Å². The molecule has 6 nitrogen and oxygen atoms in total. The van der Waals surface area contributed by atoms with Crippen LogP contribution in [0, 0.1) is 5.82 Å². The number of ether oxygens (including phenoxy) is 1. The highest BCUT2D eigenvalue weighted by Crippen LogP contribution is 2.26. The summed E-state index contributed by atoms with van der Waals surface area (Å²) in [6.45, 7) is 0.695. The van der Waals surface area contributed by atoms with E-state index in [9.17, 15) is 17.6 Å². The fourth-order valence-corrected chi connectivity index (χ4v) is 3.50. The first-order valence-electron chi connectivity index (χ1n) is 6.90. The summed E-state index contributed by atoms with van der Waals surface area (Å²) in [7, 11) is -3.98. The molecule has 9 heteroatoms. The zero-order chi connectivity index (χ0) is 17.3. The first-order chi connectivity index (χ1) is 11.4. The van der Waals surface area contributed by atoms with Crippen LogP contribution in [0.2, 0.25) is 5.02 Å². The van der Waals surface area contributed by atoms with Crippen LogP contribution in [0.25, 0.3) is 0 Å². The van der Waals surface area contributed by atoms with Crippen molar-refractivity contribution in [2.24, 2.45) is 0 Å². The van der Waals surface area contributed by atoms with Gasteiger partial charge in [-0.3, -0.25) is 9.52 Å². The van der Waals surface area contributed by atoms with E-state index in [0.29, 0.717) is 18.9 Å². The van der Waals surface area contributed by atoms with Gasteiger partial charge in [-0.05, 0) is 36.4 Å². The van der Waals surface area contributed by atoms with Gasteiger partial charge in [0, 0.05) is 5.69 Å². The average molecular weight is 371 g/mol. The Labute approximate surface area is 142 Å². The largest absolute Gasteiger partial charge is 0.491 e. The monoisotopic (exact) mass is 370 g/mol. The van der Waals surface area contributed by atoms with E-state index in [1.807, 2.05) is 0 Å². The number of hydrogen-bond donors (Lipinski definition) is 2. The van der Waals surface area contributed by atoms with Gasteiger partial charge in [0.15, 0.2) is 0 Å². The minimum atomic E-state index is -3.98. The van der Waals surface area contributed by atoms with Gasteiger partial charge in [-0.2, -0.15) is 0 Å². The Hall–Kier alpha value is -2.32. The van der Waals surface area contributed by atoms with Gasteiger partial charge >= 0.3 is 0 Å². The van der Waals surface area contributed by atoms with Crippen LogP contribution >= 0.6 is 11.6 Å². The SMILES string of the molecule is O=C1NCCOc2ccc(NS(=O)(=O)c3ccc(F)c(Cl)c3)cc21. The molecule has 0 bridgehead atoms. The summed E-state index contributed by atoms with van der Waals surface area (Å²) in [4.78, 5) is 11.8. The van der Waals surface area contributed by atoms with Gasteiger partial charge in [-0.15, -0.1) is 0 Å². The molecule has 0 saturated carbocycles. The second-order valence-electron chi connectivity index (χ2n) is 5.00. The zero-order valence-electron chi connectivity index (χ0n) is 12.2. The predicted octanol–water partition coefficient (Wildman–Crippen LogP) is 2.40. The smallest absolute Gasteiger partial charge is 0.261 e. The maximum absolute atomic E-state index is 13.2. The number of carbonyl (C=O) groups is 1. The summed E-state index contributed by atoms with van der Waals surface area (Å²) in [5, 5.41) is 2.34. The number of anilines is 1. The van der Waals surface area contributed by atoms with Gasteiger partial charge < -0.3 is 10.1 Å². The van der Waals surface area contributed by atoms with E-state index < -0.39 is 15.8 Å². The predicted molar refractivity (Wildman–Crippen MR) is 86.5 cm³/mol. The van der Waals surface area contributed by atoms with Gasteiger partial charge in [0.05, 0.1) is 22.0 Å². The number of amides is 1. The van der Waals surface area contributed by atoms with Crippen LogP contribution < -0.4 is 14.8 Å². The lowest BCUT2D eigenvalue weighted by molar-refractivity contribution is 0.0957. The summed E-state index contributed by atoms with van der Waals surface area (Å²) in [5.74, 6) is -0.694. The first-order valence-corrected chi connectivity index (χ1v) is 8.76. The highest BCUT2D eigenvalue weighted by atomic mass is 35.5. The molecule has 0 fully saturated rings. The second kappa shape index (κ2) is 6.29. The molecular formula is C15H12ClFN2O4S. The molecular weight excluding hydrogens is 359 g/mol. The molecule has 2 aromatic carbocycles. The fraction of sp³-hybridized carbons (Fsp3) is 0.133. The van der Waals surface area contributed by atoms with Crippen molar-refractivity contribution in [2.75, 3.05) is 17.9 Å². The van der Waals surface area contributed by atoms with E-state index in [1.165, 1.54) is 18.2 Å². The van der Waals surface area contributed by atoms with E-state index in [2.05, 4.69) is 10.0 Å². The minimum Gasteiger partial charge on any atom is -0.491 e. The maximum Gasteiger partial charge on any atom is 0.261 e. The standard InChI is InChI=1S/C15H12ClFN2O4S/c16-12-8-10(2-3-13(12)17)24(21,22)19-9-1-4-14-11(7-9)15(20)18-5-6-23-14/h1-4,7-8,19H,5-6H2,(H,18,20). The first kappa shape index (κ1) is 16.5. The number of halogens is 2. The summed E-state index contributed by atoms with van der Waals surface area (Å²) in [5.41, 5.74) is 0.402. The van der Waals surface area contributed by atoms with Crippen molar-refractivity contribution in [3.05, 3.63) is 52.8 Å². The molecule has 2 N–H and O–H groups in total. The summed E-state index contributed by atoms with van der Waals surface area (Å²) in [6.07, 6.45) is 0. The number of sulfonamides is 1. The molecule has 0 saturated heterocycles. The Morgan fingerprint density at radius 1 is 1.21 bits per heavy atom. The Morgan fingerprint density at radius 3 is 2.75 bits per heavy atom. The highest BCUT2D eigenvalue weighted by molar-refractivity contribution is 7.92. The lowest BCUT2D eigenvalue weighted by atomic mass is 10.1. The third kappa shape index (κ3) is 3.29. The zero-order valence-corrected chi connectivity index (χ0v) is 13.7. The van der Waals surface area contributed by atoms with E-state index in [1.54, 1.807) is 0 Å². The van der Waals surface area contributed by atoms with Gasteiger partial charge in [-0.25, -0.2) is 12.8 Å². The third-order valence-electron chi connectivity index (χ3n) is 3.32. The maximum atomic E-state index is 13.2. The van der Waals surface area contributed by atoms with Crippen molar-refractivity contribution in [3.8, 4) is 5.75 Å². The number of benzene rings is 2. The van der Waals surface area contributed by atoms with Gasteiger partial charge in [0.2, 0.25) is 0 Å². The van der Waals surface area contributed by atoms with Crippen LogP contribution in [0.1, 0.15) is 10.4 Å². The molecule has 126 valence electrons. The number of nitrogens with one attached hydrogen (secondary N) is 2. The molecule has 0 spiro atoms. The van der Waals surface area contributed by atoms with Crippen LogP contribution in [0.5, 0.6) is 5.75 Å². The quantitative estimate of drug-likeness (QED) is 0.869. The lowest BCUT2D eigenvalue weighted by Gasteiger charge is -2.11. The van der Waals surface area contributed by atoms with E-state index in [0.717, 1.165) is 18.2 Å². The molecule has 0 radical (unpaired) electrons. The van der Waals surface area contributed by atoms with E-state index in [-0.39, 0.29) is 27.1 Å². The Balaban J connectivity index is 1.93. The molecule has 0 atom stereocenters. The summed E-state index contributed by atoms with van der Waals surface area (Å²) >= 11 is 5.62. The topological polar surface area (TPSA) is 84.5 Å². The van der Waals surface area contributed by atoms with E-state index in [4.69, 9.17) is 16.3 Å². The molecule has 1 aliphatic heterocycles. The number of hydrogen-bond acceptors (Lipinski definition) is 4. The summed E-state index contributed by atoms with van der Waals surface area (Å²) < 4.78 is 45.6. The van der Waals surface area contributed by atoms with Gasteiger partial charge in [0.25, 0.3) is 15.9 Å². The second-order valence-corrected chi connectivity index (χ2v) is 7.09. The van der Waals surface area contributed by atoms with Crippen molar-refractivity contribution in [1.29, 1.82) is 0 Å². The third-order valence-corrected chi connectivity index (χ3v) is 4.99. The minimum absolute atomic E-state index is 0.176. The number of fused-ring (bicyclic) bond motifs is 1. The molecule has 0 aromatic heterocycles. The van der Waals surface area contributed by atoms with Crippen LogP contribution in [-0.4, -0.2) is 27.5 Å². The van der Waals surface area contributed by atoms with Gasteiger partial charge in [0.1, 0.15) is 18.2 Å². The van der Waals surface area contributed by atoms with Crippen molar-refractivity contribution in [2.45, 2.75) is 4.90 Å². The Morgan fingerprint density at radius 2 is 2.00 bits per heavy atom. The van der Waals surface area contributed by atoms with Crippen LogP contribution in [0.4, 0.5) is 10.1 Å². The van der Waals surface area contributed by atoms with Crippen molar-refractivity contribution < 1.29 is 22.3 Å². The molecule has 0 aliphatic carbocycles. The van der Waals surface area contributed by atoms with Crippen LogP contribution in [-0.2, 0) is 10.0 Å². The normalized spacial score (nSPS) is 14.2. The Kier molecular flexibility index (Phi) is 4.33. The average Bonchev–Trinajstić information content (AvgIpc) is 2.71. The molecule has 24 heavy (non-hydrogen) atoms. The fourth-order valence-electron chi connectivity index (χ4n) is 2.18. The number of rotatable bonds is 3. The van der Waals surface area contributed by atoms with Crippen LogP contribution in [0.15, 0.2) is 41.3 Å². The van der Waals surface area contributed by atoms with Crippen LogP contribution in [0.3, 0.4) is 0 Å². The molecule has 1 heterocycles. The lowest BCUT2D eigenvalue weighted by Crippen LogP contribution is -2.24. The molecule has 1 aliphatic rings. The molecule has 1 amide bonds. The van der Waals surface area contributed by atoms with Crippen molar-refractivity contribution in [3.63, 3.8) is 0 Å².